The van der Waals surface area contributed by atoms with Crippen LogP contribution < -0.4 is 0 Å². The molecule has 0 unspecified atom stereocenters. The molecule has 14 heavy (non-hydrogen) atoms. The Morgan fingerprint density at radius 3 is 2.43 bits per heavy atom. The first kappa shape index (κ1) is 11.4. The maximum Gasteiger partial charge on any atom is 0.433 e. The molecule has 0 aromatic carbocycles. The Morgan fingerprint density at radius 2 is 2.07 bits per heavy atom. The van der Waals surface area contributed by atoms with Gasteiger partial charge in [0.15, 0.2) is 0 Å². The number of aromatic nitrogens is 2. The first-order valence-electron chi connectivity index (χ1n) is 4.07. The van der Waals surface area contributed by atoms with Crippen molar-refractivity contribution in [2.45, 2.75) is 31.9 Å². The van der Waals surface area contributed by atoms with E-state index in [1.807, 2.05) is 0 Å². The summed E-state index contributed by atoms with van der Waals surface area (Å²) in [5, 5.41) is 3.67. The third kappa shape index (κ3) is 2.03. The zero-order valence-corrected chi connectivity index (χ0v) is 8.52. The monoisotopic (exact) mass is 226 g/mol. The standard InChI is InChI=1S/C8H10ClF3N2/c1-5(2)14-7(8(10,11)12)6(3-9)4-13-14/h4-5H,3H2,1-2H3. The van der Waals surface area contributed by atoms with Crippen molar-refractivity contribution in [3.05, 3.63) is 17.5 Å². The van der Waals surface area contributed by atoms with E-state index in [9.17, 15) is 13.2 Å². The summed E-state index contributed by atoms with van der Waals surface area (Å²) in [7, 11) is 0. The van der Waals surface area contributed by atoms with Crippen LogP contribution in [0, 0.1) is 0 Å². The predicted molar refractivity (Wildman–Crippen MR) is 47.2 cm³/mol. The third-order valence-corrected chi connectivity index (χ3v) is 2.06. The molecule has 1 aromatic heterocycles. The van der Waals surface area contributed by atoms with Gasteiger partial charge in [-0.1, -0.05) is 0 Å². The topological polar surface area (TPSA) is 17.8 Å². The molecule has 0 saturated heterocycles. The van der Waals surface area contributed by atoms with Crippen molar-refractivity contribution in [2.24, 2.45) is 0 Å². The molecule has 0 atom stereocenters. The molecule has 2 nitrogen and oxygen atoms in total. The van der Waals surface area contributed by atoms with Gasteiger partial charge in [0.2, 0.25) is 0 Å². The molecular formula is C8H10ClF3N2. The van der Waals surface area contributed by atoms with Crippen molar-refractivity contribution >= 4 is 11.6 Å². The fourth-order valence-corrected chi connectivity index (χ4v) is 1.39. The van der Waals surface area contributed by atoms with E-state index in [1.165, 1.54) is 0 Å². The van der Waals surface area contributed by atoms with E-state index in [0.717, 1.165) is 10.9 Å². The summed E-state index contributed by atoms with van der Waals surface area (Å²) in [6.45, 7) is 3.28. The maximum atomic E-state index is 12.6. The highest BCUT2D eigenvalue weighted by Gasteiger charge is 2.38. The summed E-state index contributed by atoms with van der Waals surface area (Å²) in [6, 6.07) is -0.330. The molecular weight excluding hydrogens is 217 g/mol. The molecule has 0 spiro atoms. The van der Waals surface area contributed by atoms with Gasteiger partial charge in [-0.2, -0.15) is 18.3 Å². The minimum absolute atomic E-state index is 0.0212. The van der Waals surface area contributed by atoms with Crippen molar-refractivity contribution in [1.29, 1.82) is 0 Å². The van der Waals surface area contributed by atoms with E-state index in [2.05, 4.69) is 5.10 Å². The van der Waals surface area contributed by atoms with Crippen LogP contribution >= 0.6 is 11.6 Å². The van der Waals surface area contributed by atoms with Gasteiger partial charge in [-0.05, 0) is 13.8 Å². The molecule has 0 aliphatic heterocycles. The molecule has 0 amide bonds. The second-order valence-corrected chi connectivity index (χ2v) is 3.46. The van der Waals surface area contributed by atoms with Crippen LogP contribution in [-0.4, -0.2) is 9.78 Å². The maximum absolute atomic E-state index is 12.6. The van der Waals surface area contributed by atoms with Gasteiger partial charge in [-0.15, -0.1) is 11.6 Å². The summed E-state index contributed by atoms with van der Waals surface area (Å²) in [4.78, 5) is 0. The molecule has 0 radical (unpaired) electrons. The number of halogens is 4. The zero-order chi connectivity index (χ0) is 10.9. The highest BCUT2D eigenvalue weighted by molar-refractivity contribution is 6.17. The predicted octanol–water partition coefficient (Wildman–Crippen LogP) is 3.22. The van der Waals surface area contributed by atoms with Gasteiger partial charge in [-0.25, -0.2) is 0 Å². The van der Waals surface area contributed by atoms with Crippen LogP contribution in [-0.2, 0) is 12.1 Å². The smallest absolute Gasteiger partial charge is 0.258 e. The van der Waals surface area contributed by atoms with E-state index in [0.29, 0.717) is 0 Å². The minimum atomic E-state index is -4.40. The van der Waals surface area contributed by atoms with E-state index in [-0.39, 0.29) is 17.5 Å². The van der Waals surface area contributed by atoms with Gasteiger partial charge in [0.1, 0.15) is 5.69 Å². The Labute approximate surface area is 84.7 Å². The van der Waals surface area contributed by atoms with Crippen LogP contribution in [0.3, 0.4) is 0 Å². The first-order valence-corrected chi connectivity index (χ1v) is 4.61. The minimum Gasteiger partial charge on any atom is -0.258 e. The average molecular weight is 227 g/mol. The Balaban J connectivity index is 3.27. The number of rotatable bonds is 2. The fraction of sp³-hybridized carbons (Fsp3) is 0.625. The zero-order valence-electron chi connectivity index (χ0n) is 7.77. The Bertz CT molecular complexity index is 317. The third-order valence-electron chi connectivity index (χ3n) is 1.77. The Kier molecular flexibility index (Phi) is 3.09. The summed E-state index contributed by atoms with van der Waals surface area (Å²) in [6.07, 6.45) is -3.24. The Hall–Kier alpha value is -0.710. The van der Waals surface area contributed by atoms with Crippen LogP contribution in [0.25, 0.3) is 0 Å². The lowest BCUT2D eigenvalue weighted by atomic mass is 10.2. The van der Waals surface area contributed by atoms with Crippen LogP contribution in [0.4, 0.5) is 13.2 Å². The van der Waals surface area contributed by atoms with Crippen LogP contribution in [0.2, 0.25) is 0 Å². The summed E-state index contributed by atoms with van der Waals surface area (Å²) < 4.78 is 38.7. The summed E-state index contributed by atoms with van der Waals surface area (Å²) >= 11 is 5.40. The highest BCUT2D eigenvalue weighted by atomic mass is 35.5. The number of hydrogen-bond acceptors (Lipinski definition) is 1. The second-order valence-electron chi connectivity index (χ2n) is 3.19. The van der Waals surface area contributed by atoms with Gasteiger partial charge in [0, 0.05) is 11.6 Å². The fourth-order valence-electron chi connectivity index (χ4n) is 1.20. The molecule has 1 rings (SSSR count). The molecule has 80 valence electrons. The van der Waals surface area contributed by atoms with E-state index in [4.69, 9.17) is 11.6 Å². The Morgan fingerprint density at radius 1 is 1.50 bits per heavy atom. The van der Waals surface area contributed by atoms with Crippen LogP contribution in [0.5, 0.6) is 0 Å². The molecule has 0 bridgehead atoms. The normalized spacial score (nSPS) is 12.5. The highest BCUT2D eigenvalue weighted by Crippen LogP contribution is 2.33. The number of nitrogens with zero attached hydrogens (tertiary/aromatic N) is 2. The van der Waals surface area contributed by atoms with Crippen LogP contribution in [0.1, 0.15) is 31.1 Å². The SMILES string of the molecule is CC(C)n1ncc(CCl)c1C(F)(F)F. The van der Waals surface area contributed by atoms with Gasteiger partial charge in [-0.3, -0.25) is 4.68 Å². The summed E-state index contributed by atoms with van der Waals surface area (Å²) in [5.74, 6) is -0.179. The average Bonchev–Trinajstić information content (AvgIpc) is 2.45. The second kappa shape index (κ2) is 3.81. The molecule has 0 fully saturated rings. The number of alkyl halides is 4. The van der Waals surface area contributed by atoms with Crippen molar-refractivity contribution < 1.29 is 13.2 Å². The lowest BCUT2D eigenvalue weighted by Gasteiger charge is -2.14. The molecule has 0 aliphatic carbocycles. The molecule has 1 heterocycles. The molecule has 0 N–H and O–H groups in total. The van der Waals surface area contributed by atoms with Crippen molar-refractivity contribution in [1.82, 2.24) is 9.78 Å². The van der Waals surface area contributed by atoms with E-state index < -0.39 is 11.9 Å². The summed E-state index contributed by atoms with van der Waals surface area (Å²) in [5.41, 5.74) is -0.727. The van der Waals surface area contributed by atoms with Gasteiger partial charge in [0.25, 0.3) is 0 Å². The lowest BCUT2D eigenvalue weighted by Crippen LogP contribution is -2.17. The van der Waals surface area contributed by atoms with Gasteiger partial charge >= 0.3 is 6.18 Å². The van der Waals surface area contributed by atoms with Gasteiger partial charge in [0.05, 0.1) is 12.1 Å². The largest absolute Gasteiger partial charge is 0.433 e. The molecule has 6 heteroatoms. The van der Waals surface area contributed by atoms with E-state index in [1.54, 1.807) is 13.8 Å². The van der Waals surface area contributed by atoms with Crippen molar-refractivity contribution in [2.75, 3.05) is 0 Å². The van der Waals surface area contributed by atoms with E-state index >= 15 is 0 Å². The van der Waals surface area contributed by atoms with Crippen molar-refractivity contribution in [3.63, 3.8) is 0 Å². The lowest BCUT2D eigenvalue weighted by molar-refractivity contribution is -0.145. The van der Waals surface area contributed by atoms with Gasteiger partial charge < -0.3 is 0 Å². The molecule has 0 saturated carbocycles. The number of hydrogen-bond donors (Lipinski definition) is 0. The quantitative estimate of drug-likeness (QED) is 0.708. The first-order chi connectivity index (χ1) is 6.38. The molecule has 1 aromatic rings. The van der Waals surface area contributed by atoms with Crippen LogP contribution in [0.15, 0.2) is 6.20 Å². The molecule has 0 aliphatic rings. The van der Waals surface area contributed by atoms with Crippen molar-refractivity contribution in [3.8, 4) is 0 Å².